The van der Waals surface area contributed by atoms with E-state index in [1.807, 2.05) is 0 Å². The largest absolute Gasteiger partial charge is 0.354 e. The minimum atomic E-state index is -0.223. The number of carbonyl (C=O) groups excluding carboxylic acids is 2. The second kappa shape index (κ2) is 11.3. The minimum Gasteiger partial charge on any atom is -0.354 e. The van der Waals surface area contributed by atoms with Crippen LogP contribution in [0.5, 0.6) is 0 Å². The fourth-order valence-electron chi connectivity index (χ4n) is 2.71. The molecule has 1 fully saturated rings. The summed E-state index contributed by atoms with van der Waals surface area (Å²) in [5.74, 6) is 0.483. The van der Waals surface area contributed by atoms with Gasteiger partial charge < -0.3 is 16.0 Å². The first-order valence-electron chi connectivity index (χ1n) is 8.17. The van der Waals surface area contributed by atoms with Gasteiger partial charge in [-0.3, -0.25) is 9.59 Å². The predicted octanol–water partition coefficient (Wildman–Crippen LogP) is 2.39. The van der Waals surface area contributed by atoms with E-state index in [-0.39, 0.29) is 24.2 Å². The molecule has 1 aliphatic heterocycles. The van der Waals surface area contributed by atoms with Crippen molar-refractivity contribution in [3.05, 3.63) is 34.9 Å². The standard InChI is InChI=1S/C17H24ClN3O2.ClH/c18-15-4-2-1-3-14(15)17(23)21-12-11-20-16(22)6-5-13-7-9-19-10-8-13;/h1-4,13,19H,5-12H2,(H,20,22)(H,21,23);1H. The highest BCUT2D eigenvalue weighted by atomic mass is 35.5. The summed E-state index contributed by atoms with van der Waals surface area (Å²) in [6, 6.07) is 6.90. The molecule has 3 N–H and O–H groups in total. The van der Waals surface area contributed by atoms with Crippen molar-refractivity contribution in [3.63, 3.8) is 0 Å². The first-order chi connectivity index (χ1) is 11.2. The van der Waals surface area contributed by atoms with Crippen molar-refractivity contribution < 1.29 is 9.59 Å². The van der Waals surface area contributed by atoms with Crippen LogP contribution in [0.25, 0.3) is 0 Å². The maximum absolute atomic E-state index is 11.9. The van der Waals surface area contributed by atoms with E-state index in [0.29, 0.717) is 36.0 Å². The summed E-state index contributed by atoms with van der Waals surface area (Å²) in [5.41, 5.74) is 0.450. The lowest BCUT2D eigenvalue weighted by atomic mass is 9.93. The van der Waals surface area contributed by atoms with Gasteiger partial charge in [0.05, 0.1) is 10.6 Å². The lowest BCUT2D eigenvalue weighted by Crippen LogP contribution is -2.35. The molecular formula is C17H25Cl2N3O2. The maximum atomic E-state index is 11.9. The molecule has 1 aromatic carbocycles. The molecule has 5 nitrogen and oxygen atoms in total. The number of rotatable bonds is 7. The summed E-state index contributed by atoms with van der Waals surface area (Å²) in [4.78, 5) is 23.7. The second-order valence-corrected chi connectivity index (χ2v) is 6.22. The topological polar surface area (TPSA) is 70.2 Å². The van der Waals surface area contributed by atoms with E-state index in [2.05, 4.69) is 16.0 Å². The van der Waals surface area contributed by atoms with Crippen LogP contribution >= 0.6 is 24.0 Å². The van der Waals surface area contributed by atoms with E-state index in [4.69, 9.17) is 11.6 Å². The fraction of sp³-hybridized carbons (Fsp3) is 0.529. The fourth-order valence-corrected chi connectivity index (χ4v) is 2.93. The first-order valence-corrected chi connectivity index (χ1v) is 8.55. The van der Waals surface area contributed by atoms with Crippen molar-refractivity contribution in [2.45, 2.75) is 25.7 Å². The van der Waals surface area contributed by atoms with Crippen LogP contribution in [0.2, 0.25) is 5.02 Å². The molecule has 24 heavy (non-hydrogen) atoms. The lowest BCUT2D eigenvalue weighted by Gasteiger charge is -2.22. The van der Waals surface area contributed by atoms with Gasteiger partial charge in [0.25, 0.3) is 5.91 Å². The third kappa shape index (κ3) is 7.07. The molecule has 2 rings (SSSR count). The highest BCUT2D eigenvalue weighted by molar-refractivity contribution is 6.33. The smallest absolute Gasteiger partial charge is 0.252 e. The zero-order chi connectivity index (χ0) is 16.5. The molecular weight excluding hydrogens is 349 g/mol. The van der Waals surface area contributed by atoms with E-state index >= 15 is 0 Å². The Morgan fingerprint density at radius 1 is 1.12 bits per heavy atom. The van der Waals surface area contributed by atoms with Crippen LogP contribution < -0.4 is 16.0 Å². The molecule has 0 aliphatic carbocycles. The predicted molar refractivity (Wildman–Crippen MR) is 98.9 cm³/mol. The molecule has 0 saturated carbocycles. The molecule has 0 aromatic heterocycles. The van der Waals surface area contributed by atoms with E-state index in [1.165, 1.54) is 0 Å². The molecule has 0 atom stereocenters. The summed E-state index contributed by atoms with van der Waals surface area (Å²) in [7, 11) is 0. The number of hydrogen-bond donors (Lipinski definition) is 3. The Morgan fingerprint density at radius 3 is 2.50 bits per heavy atom. The van der Waals surface area contributed by atoms with Crippen molar-refractivity contribution in [1.29, 1.82) is 0 Å². The Hall–Kier alpha value is -1.30. The van der Waals surface area contributed by atoms with Crippen LogP contribution in [0.15, 0.2) is 24.3 Å². The molecule has 7 heteroatoms. The first kappa shape index (κ1) is 20.7. The summed E-state index contributed by atoms with van der Waals surface area (Å²) >= 11 is 5.96. The van der Waals surface area contributed by atoms with Crippen molar-refractivity contribution in [2.75, 3.05) is 26.2 Å². The molecule has 1 saturated heterocycles. The van der Waals surface area contributed by atoms with Crippen molar-refractivity contribution in [3.8, 4) is 0 Å². The van der Waals surface area contributed by atoms with Gasteiger partial charge in [0, 0.05) is 19.5 Å². The van der Waals surface area contributed by atoms with E-state index in [0.717, 1.165) is 32.4 Å². The average molecular weight is 374 g/mol. The molecule has 0 bridgehead atoms. The highest BCUT2D eigenvalue weighted by Gasteiger charge is 2.14. The molecule has 1 heterocycles. The molecule has 2 amide bonds. The van der Waals surface area contributed by atoms with Gasteiger partial charge in [-0.2, -0.15) is 0 Å². The van der Waals surface area contributed by atoms with Crippen LogP contribution in [0, 0.1) is 5.92 Å². The summed E-state index contributed by atoms with van der Waals surface area (Å²) < 4.78 is 0. The third-order valence-corrected chi connectivity index (χ3v) is 4.42. The van der Waals surface area contributed by atoms with Crippen LogP contribution in [-0.4, -0.2) is 38.0 Å². The number of amides is 2. The average Bonchev–Trinajstić information content (AvgIpc) is 2.58. The van der Waals surface area contributed by atoms with E-state index in [9.17, 15) is 9.59 Å². The van der Waals surface area contributed by atoms with Crippen LogP contribution in [0.4, 0.5) is 0 Å². The molecule has 0 radical (unpaired) electrons. The molecule has 0 unspecified atom stereocenters. The Bertz CT molecular complexity index is 534. The quantitative estimate of drug-likeness (QED) is 0.642. The monoisotopic (exact) mass is 373 g/mol. The van der Waals surface area contributed by atoms with Crippen molar-refractivity contribution in [2.24, 2.45) is 5.92 Å². The Labute approximate surface area is 154 Å². The lowest BCUT2D eigenvalue weighted by molar-refractivity contribution is -0.121. The molecule has 134 valence electrons. The van der Waals surface area contributed by atoms with Gasteiger partial charge >= 0.3 is 0 Å². The number of carbonyl (C=O) groups is 2. The molecule has 0 spiro atoms. The molecule has 1 aromatic rings. The van der Waals surface area contributed by atoms with Crippen LogP contribution in [-0.2, 0) is 4.79 Å². The van der Waals surface area contributed by atoms with Crippen LogP contribution in [0.3, 0.4) is 0 Å². The SMILES string of the molecule is Cl.O=C(CCC1CCNCC1)NCCNC(=O)c1ccccc1Cl. The zero-order valence-corrected chi connectivity index (χ0v) is 15.2. The van der Waals surface area contributed by atoms with Gasteiger partial charge in [-0.05, 0) is 50.4 Å². The number of piperidine rings is 1. The number of hydrogen-bond acceptors (Lipinski definition) is 3. The van der Waals surface area contributed by atoms with Gasteiger partial charge in [-0.15, -0.1) is 12.4 Å². The second-order valence-electron chi connectivity index (χ2n) is 5.82. The van der Waals surface area contributed by atoms with Gasteiger partial charge in [0.15, 0.2) is 0 Å². The highest BCUT2D eigenvalue weighted by Crippen LogP contribution is 2.17. The summed E-state index contributed by atoms with van der Waals surface area (Å²) in [6.45, 7) is 2.94. The zero-order valence-electron chi connectivity index (χ0n) is 13.6. The van der Waals surface area contributed by atoms with Gasteiger partial charge in [-0.1, -0.05) is 23.7 Å². The van der Waals surface area contributed by atoms with Gasteiger partial charge in [0.1, 0.15) is 0 Å². The van der Waals surface area contributed by atoms with Gasteiger partial charge in [0.2, 0.25) is 5.91 Å². The Morgan fingerprint density at radius 2 is 1.79 bits per heavy atom. The number of halogens is 2. The van der Waals surface area contributed by atoms with E-state index in [1.54, 1.807) is 24.3 Å². The minimum absolute atomic E-state index is 0. The summed E-state index contributed by atoms with van der Waals surface area (Å²) in [6.07, 6.45) is 3.81. The van der Waals surface area contributed by atoms with Gasteiger partial charge in [-0.25, -0.2) is 0 Å². The van der Waals surface area contributed by atoms with Crippen LogP contribution in [0.1, 0.15) is 36.0 Å². The Balaban J connectivity index is 0.00000288. The van der Waals surface area contributed by atoms with Crippen molar-refractivity contribution in [1.82, 2.24) is 16.0 Å². The number of nitrogens with one attached hydrogen (secondary N) is 3. The third-order valence-electron chi connectivity index (χ3n) is 4.09. The maximum Gasteiger partial charge on any atom is 0.252 e. The van der Waals surface area contributed by atoms with E-state index < -0.39 is 0 Å². The number of benzene rings is 1. The Kier molecular flexibility index (Phi) is 9.76. The summed E-state index contributed by atoms with van der Waals surface area (Å²) in [5, 5.41) is 9.34. The van der Waals surface area contributed by atoms with Crippen molar-refractivity contribution >= 4 is 35.8 Å². The normalized spacial score (nSPS) is 14.5. The molecule has 1 aliphatic rings.